The summed E-state index contributed by atoms with van der Waals surface area (Å²) in [6.07, 6.45) is 4.56. The molecule has 0 spiro atoms. The molecule has 1 aliphatic carbocycles. The fraction of sp³-hybridized carbons (Fsp3) is 0.436. The van der Waals surface area contributed by atoms with Crippen LogP contribution in [0.5, 0.6) is 0 Å². The lowest BCUT2D eigenvalue weighted by Gasteiger charge is -2.25. The van der Waals surface area contributed by atoms with Gasteiger partial charge < -0.3 is 9.47 Å². The molecule has 0 saturated heterocycles. The molecule has 2 aromatic heterocycles. The van der Waals surface area contributed by atoms with Crippen LogP contribution >= 0.6 is 34.3 Å². The molecule has 0 bridgehead atoms. The normalized spacial score (nSPS) is 17.1. The zero-order valence-electron chi connectivity index (χ0n) is 28.5. The summed E-state index contributed by atoms with van der Waals surface area (Å²) in [4.78, 5) is 1.49. The molecular weight excluding hydrogens is 714 g/mol. The second kappa shape index (κ2) is 15.9. The number of aryl methyl sites for hydroxylation is 2. The van der Waals surface area contributed by atoms with Crippen molar-refractivity contribution in [3.05, 3.63) is 92.7 Å². The third-order valence-corrected chi connectivity index (χ3v) is 11.7. The van der Waals surface area contributed by atoms with Crippen molar-refractivity contribution in [1.82, 2.24) is 0 Å². The van der Waals surface area contributed by atoms with E-state index in [1.165, 1.54) is 26.0 Å². The summed E-state index contributed by atoms with van der Waals surface area (Å²) in [5.41, 5.74) is -0.145. The molecule has 2 aromatic carbocycles. The number of ether oxygens (including phenoxy) is 2. The van der Waals surface area contributed by atoms with Crippen LogP contribution in [0.3, 0.4) is 0 Å². The topological polar surface area (TPSA) is 18.5 Å². The minimum Gasteiger partial charge on any atom is -0.377 e. The quantitative estimate of drug-likeness (QED) is 0.0644. The third kappa shape index (κ3) is 7.75. The number of thiophene rings is 2. The number of halogens is 7. The molecule has 5 rings (SSSR count). The van der Waals surface area contributed by atoms with Gasteiger partial charge in [0.25, 0.3) is 0 Å². The first kappa shape index (κ1) is 38.6. The van der Waals surface area contributed by atoms with E-state index in [4.69, 9.17) is 21.1 Å². The molecule has 50 heavy (non-hydrogen) atoms. The highest BCUT2D eigenvalue weighted by Gasteiger charge is 2.80. The summed E-state index contributed by atoms with van der Waals surface area (Å²) in [6.45, 7) is 9.07. The fourth-order valence-corrected chi connectivity index (χ4v) is 8.16. The maximum Gasteiger partial charge on any atom is 0.380 e. The minimum absolute atomic E-state index is 0.126. The van der Waals surface area contributed by atoms with E-state index in [-0.39, 0.29) is 26.3 Å². The van der Waals surface area contributed by atoms with Crippen LogP contribution in [0.25, 0.3) is 32.0 Å². The Morgan fingerprint density at radius 2 is 1.08 bits per heavy atom. The number of benzene rings is 2. The molecule has 11 heteroatoms. The predicted octanol–water partition coefficient (Wildman–Crippen LogP) is 13.2. The number of rotatable bonds is 16. The molecule has 4 aromatic rings. The number of unbranched alkanes of at least 4 members (excludes halogenated alkanes) is 1. The Balaban J connectivity index is 1.45. The Kier molecular flexibility index (Phi) is 12.3. The highest BCUT2D eigenvalue weighted by molar-refractivity contribution is 7.16. The number of allylic oxidation sites excluding steroid dienone is 2. The molecule has 0 fully saturated rings. The number of hydrogen-bond donors (Lipinski definition) is 0. The lowest BCUT2D eigenvalue weighted by molar-refractivity contribution is -0.254. The number of hydrogen-bond acceptors (Lipinski definition) is 4. The van der Waals surface area contributed by atoms with Gasteiger partial charge in [0, 0.05) is 49.2 Å². The fourth-order valence-electron chi connectivity index (χ4n) is 5.95. The summed E-state index contributed by atoms with van der Waals surface area (Å²) in [5, 5.41) is 0.126. The maximum absolute atomic E-state index is 15.7. The van der Waals surface area contributed by atoms with Crippen molar-refractivity contribution >= 4 is 45.4 Å². The second-order valence-electron chi connectivity index (χ2n) is 12.6. The molecule has 270 valence electrons. The summed E-state index contributed by atoms with van der Waals surface area (Å²) < 4.78 is 105. The van der Waals surface area contributed by atoms with Gasteiger partial charge in [-0.15, -0.1) is 34.3 Å². The van der Waals surface area contributed by atoms with Crippen molar-refractivity contribution in [1.29, 1.82) is 0 Å². The Labute approximate surface area is 303 Å². The molecular formula is C39H41ClF6O2S2. The van der Waals surface area contributed by atoms with E-state index in [2.05, 4.69) is 6.92 Å². The van der Waals surface area contributed by atoms with Crippen LogP contribution in [0.4, 0.5) is 26.3 Å². The summed E-state index contributed by atoms with van der Waals surface area (Å²) in [7, 11) is 0. The van der Waals surface area contributed by atoms with Crippen LogP contribution in [-0.2, 0) is 22.7 Å². The van der Waals surface area contributed by atoms with E-state index in [0.717, 1.165) is 65.9 Å². The Morgan fingerprint density at radius 3 is 1.48 bits per heavy atom. The van der Waals surface area contributed by atoms with Crippen LogP contribution in [0.15, 0.2) is 60.7 Å². The largest absolute Gasteiger partial charge is 0.380 e. The highest BCUT2D eigenvalue weighted by atomic mass is 35.5. The van der Waals surface area contributed by atoms with Gasteiger partial charge in [0.05, 0.1) is 13.2 Å². The Hall–Kier alpha value is -2.63. The lowest BCUT2D eigenvalue weighted by Crippen LogP contribution is -2.48. The smallest absolute Gasteiger partial charge is 0.377 e. The van der Waals surface area contributed by atoms with Crippen molar-refractivity contribution in [2.75, 3.05) is 13.2 Å². The van der Waals surface area contributed by atoms with Gasteiger partial charge in [0.2, 0.25) is 0 Å². The van der Waals surface area contributed by atoms with E-state index in [1.54, 1.807) is 24.3 Å². The molecule has 2 heterocycles. The van der Waals surface area contributed by atoms with Gasteiger partial charge in [-0.2, -0.15) is 26.3 Å². The molecule has 0 radical (unpaired) electrons. The highest BCUT2D eigenvalue weighted by Crippen LogP contribution is 2.66. The van der Waals surface area contributed by atoms with Crippen LogP contribution in [-0.4, -0.2) is 36.4 Å². The molecule has 1 atom stereocenters. The van der Waals surface area contributed by atoms with E-state index in [9.17, 15) is 0 Å². The summed E-state index contributed by atoms with van der Waals surface area (Å²) in [5.74, 6) is -15.9. The molecule has 0 N–H and O–H groups in total. The van der Waals surface area contributed by atoms with Gasteiger partial charge >= 0.3 is 17.8 Å². The summed E-state index contributed by atoms with van der Waals surface area (Å²) >= 11 is 8.34. The molecule has 0 amide bonds. The molecule has 0 saturated carbocycles. The molecule has 0 aliphatic heterocycles. The first-order valence-electron chi connectivity index (χ1n) is 16.8. The number of alkyl halides is 7. The summed E-state index contributed by atoms with van der Waals surface area (Å²) in [6, 6.07) is 17.1. The van der Waals surface area contributed by atoms with E-state index in [1.807, 2.05) is 31.2 Å². The van der Waals surface area contributed by atoms with Crippen molar-refractivity contribution < 1.29 is 35.8 Å². The molecule has 1 aliphatic rings. The zero-order valence-corrected chi connectivity index (χ0v) is 30.9. The van der Waals surface area contributed by atoms with E-state index >= 15 is 26.3 Å². The zero-order chi connectivity index (χ0) is 36.3. The second-order valence-corrected chi connectivity index (χ2v) is 15.8. The monoisotopic (exact) mass is 754 g/mol. The van der Waals surface area contributed by atoms with Crippen molar-refractivity contribution in [2.24, 2.45) is 0 Å². The van der Waals surface area contributed by atoms with Gasteiger partial charge in [-0.1, -0.05) is 68.8 Å². The average molecular weight is 755 g/mol. The third-order valence-electron chi connectivity index (χ3n) is 8.95. The van der Waals surface area contributed by atoms with Gasteiger partial charge in [0.15, 0.2) is 0 Å². The van der Waals surface area contributed by atoms with Crippen LogP contribution in [0, 0.1) is 13.8 Å². The van der Waals surface area contributed by atoms with Gasteiger partial charge in [0.1, 0.15) is 0 Å². The SMILES string of the molecule is CCCCOCc1ccc(-c2cc(C3=C(c4cc(-c5ccc(COCCCC(Cl)CC)cc5)sc4C)C(F)(F)C(F)(F)C3(F)F)c(C)s2)cc1. The minimum atomic E-state index is -5.63. The van der Waals surface area contributed by atoms with Crippen molar-refractivity contribution in [2.45, 2.75) is 96.2 Å². The predicted molar refractivity (Wildman–Crippen MR) is 194 cm³/mol. The average Bonchev–Trinajstić information content (AvgIpc) is 3.69. The van der Waals surface area contributed by atoms with Gasteiger partial charge in [-0.25, -0.2) is 0 Å². The van der Waals surface area contributed by atoms with Crippen LogP contribution < -0.4 is 0 Å². The lowest BCUT2D eigenvalue weighted by atomic mass is 9.94. The molecule has 1 unspecified atom stereocenters. The van der Waals surface area contributed by atoms with Crippen LogP contribution in [0.2, 0.25) is 0 Å². The van der Waals surface area contributed by atoms with Crippen LogP contribution in [0.1, 0.15) is 78.0 Å². The van der Waals surface area contributed by atoms with Gasteiger partial charge in [-0.05, 0) is 85.0 Å². The van der Waals surface area contributed by atoms with E-state index < -0.39 is 28.9 Å². The van der Waals surface area contributed by atoms with E-state index in [0.29, 0.717) is 47.3 Å². The van der Waals surface area contributed by atoms with Crippen molar-refractivity contribution in [3.63, 3.8) is 0 Å². The Morgan fingerprint density at radius 1 is 0.660 bits per heavy atom. The first-order chi connectivity index (χ1) is 23.7. The Bertz CT molecular complexity index is 1780. The van der Waals surface area contributed by atoms with Crippen molar-refractivity contribution in [3.8, 4) is 20.9 Å². The first-order valence-corrected chi connectivity index (χ1v) is 18.9. The molecule has 2 nitrogen and oxygen atoms in total. The van der Waals surface area contributed by atoms with Gasteiger partial charge in [-0.3, -0.25) is 0 Å². The maximum atomic E-state index is 15.7. The standard InChI is InChI=1S/C39H41ClF6O2S2/c1-5-7-18-47-22-26-10-14-28(15-11-26)33-20-31(24(3)49-33)35-36(38(43,44)39(45,46)37(35,41)42)32-21-34(50-25(32)4)29-16-12-27(13-17-29)23-48-19-8-9-30(40)6-2/h10-17,20-21,30H,5-9,18-19,22-23H2,1-4H3.